The van der Waals surface area contributed by atoms with E-state index in [4.69, 9.17) is 4.74 Å². The highest BCUT2D eigenvalue weighted by atomic mass is 32.2. The van der Waals surface area contributed by atoms with Crippen LogP contribution in [0.25, 0.3) is 0 Å². The maximum Gasteiger partial charge on any atom is 0.243 e. The monoisotopic (exact) mass is 349 g/mol. The molecule has 1 heterocycles. The van der Waals surface area contributed by atoms with Crippen LogP contribution in [-0.4, -0.2) is 39.0 Å². The Hall–Kier alpha value is -0.910. The molecule has 1 atom stereocenters. The number of methoxy groups -OCH3 is 1. The predicted octanol–water partition coefficient (Wildman–Crippen LogP) is 3.15. The Labute approximate surface area is 145 Å². The molecular weight excluding hydrogens is 322 g/mol. The minimum Gasteiger partial charge on any atom is -0.381 e. The van der Waals surface area contributed by atoms with Crippen molar-refractivity contribution in [2.24, 2.45) is 5.41 Å². The Morgan fingerprint density at radius 2 is 1.79 bits per heavy atom. The van der Waals surface area contributed by atoms with Crippen LogP contribution >= 0.6 is 0 Å². The van der Waals surface area contributed by atoms with Gasteiger partial charge in [-0.05, 0) is 80.0 Å². The molecule has 24 heavy (non-hydrogen) atoms. The summed E-state index contributed by atoms with van der Waals surface area (Å²) in [6.07, 6.45) is 8.95. The van der Waals surface area contributed by atoms with Gasteiger partial charge < -0.3 is 4.74 Å². The molecule has 0 radical (unpaired) electrons. The average Bonchev–Trinajstić information content (AvgIpc) is 2.61. The Bertz CT molecular complexity index is 718. The van der Waals surface area contributed by atoms with Gasteiger partial charge in [0.05, 0.1) is 11.0 Å². The van der Waals surface area contributed by atoms with Gasteiger partial charge in [-0.15, -0.1) is 0 Å². The lowest BCUT2D eigenvalue weighted by Crippen LogP contribution is -2.53. The van der Waals surface area contributed by atoms with Crippen LogP contribution < -0.4 is 0 Å². The summed E-state index contributed by atoms with van der Waals surface area (Å²) < 4.78 is 33.3. The molecule has 1 aromatic rings. The Morgan fingerprint density at radius 1 is 1.08 bits per heavy atom. The first-order valence-corrected chi connectivity index (χ1v) is 10.6. The molecule has 0 amide bonds. The summed E-state index contributed by atoms with van der Waals surface area (Å²) in [6, 6.07) is 5.76. The maximum absolute atomic E-state index is 13.0. The minimum atomic E-state index is -3.36. The van der Waals surface area contributed by atoms with Gasteiger partial charge in [0.2, 0.25) is 10.0 Å². The smallest absolute Gasteiger partial charge is 0.243 e. The van der Waals surface area contributed by atoms with Gasteiger partial charge in [0.1, 0.15) is 0 Å². The topological polar surface area (TPSA) is 46.6 Å². The number of hydrogen-bond acceptors (Lipinski definition) is 3. The van der Waals surface area contributed by atoms with E-state index >= 15 is 0 Å². The summed E-state index contributed by atoms with van der Waals surface area (Å²) in [5.41, 5.74) is 2.79. The van der Waals surface area contributed by atoms with Crippen LogP contribution in [0, 0.1) is 5.41 Å². The van der Waals surface area contributed by atoms with Crippen molar-refractivity contribution >= 4 is 10.0 Å². The molecule has 1 aromatic carbocycles. The molecule has 1 aliphatic heterocycles. The number of ether oxygens (including phenoxy) is 1. The highest BCUT2D eigenvalue weighted by molar-refractivity contribution is 7.89. The van der Waals surface area contributed by atoms with E-state index in [9.17, 15) is 8.42 Å². The molecule has 0 bridgehead atoms. The van der Waals surface area contributed by atoms with Gasteiger partial charge >= 0.3 is 0 Å². The van der Waals surface area contributed by atoms with Crippen molar-refractivity contribution in [2.45, 2.75) is 62.4 Å². The predicted molar refractivity (Wildman–Crippen MR) is 93.5 cm³/mol. The largest absolute Gasteiger partial charge is 0.381 e. The van der Waals surface area contributed by atoms with Crippen molar-refractivity contribution in [1.29, 1.82) is 0 Å². The van der Waals surface area contributed by atoms with Crippen molar-refractivity contribution < 1.29 is 13.2 Å². The molecule has 0 aromatic heterocycles. The third-order valence-electron chi connectivity index (χ3n) is 6.55. The molecule has 1 unspecified atom stereocenters. The zero-order valence-corrected chi connectivity index (χ0v) is 15.3. The first-order chi connectivity index (χ1) is 11.5. The van der Waals surface area contributed by atoms with E-state index in [2.05, 4.69) is 0 Å². The van der Waals surface area contributed by atoms with Crippen LogP contribution in [0.15, 0.2) is 23.1 Å². The summed E-state index contributed by atoms with van der Waals surface area (Å²) in [7, 11) is -1.58. The molecule has 0 N–H and O–H groups in total. The van der Waals surface area contributed by atoms with Gasteiger partial charge in [0.25, 0.3) is 0 Å². The number of sulfonamides is 1. The molecule has 1 saturated carbocycles. The maximum atomic E-state index is 13.0. The molecule has 2 fully saturated rings. The lowest BCUT2D eigenvalue weighted by Gasteiger charge is -2.52. The van der Waals surface area contributed by atoms with Crippen LogP contribution in [0.2, 0.25) is 0 Å². The minimum absolute atomic E-state index is 0.233. The lowest BCUT2D eigenvalue weighted by molar-refractivity contribution is -0.113. The second-order valence-electron chi connectivity index (χ2n) is 7.67. The van der Waals surface area contributed by atoms with Gasteiger partial charge in [-0.1, -0.05) is 6.07 Å². The van der Waals surface area contributed by atoms with E-state index in [1.54, 1.807) is 11.4 Å². The quantitative estimate of drug-likeness (QED) is 0.842. The third kappa shape index (κ3) is 2.61. The summed E-state index contributed by atoms with van der Waals surface area (Å²) in [6.45, 7) is 1.25. The van der Waals surface area contributed by atoms with Crippen LogP contribution in [0.1, 0.15) is 49.7 Å². The number of aryl methyl sites for hydroxylation is 2. The molecule has 132 valence electrons. The lowest BCUT2D eigenvalue weighted by atomic mass is 9.61. The molecule has 3 aliphatic rings. The summed E-state index contributed by atoms with van der Waals surface area (Å²) in [5, 5.41) is 0. The van der Waals surface area contributed by atoms with Crippen LogP contribution in [-0.2, 0) is 27.6 Å². The van der Waals surface area contributed by atoms with Gasteiger partial charge in [0.15, 0.2) is 0 Å². The number of rotatable bonds is 3. The normalized spacial score (nSPS) is 26.8. The van der Waals surface area contributed by atoms with Crippen LogP contribution in [0.5, 0.6) is 0 Å². The first kappa shape index (κ1) is 16.6. The van der Waals surface area contributed by atoms with E-state index in [0.717, 1.165) is 32.1 Å². The van der Waals surface area contributed by atoms with E-state index in [0.29, 0.717) is 24.1 Å². The molecule has 1 spiro atoms. The highest BCUT2D eigenvalue weighted by Gasteiger charge is 2.49. The molecule has 2 aliphatic carbocycles. The van der Waals surface area contributed by atoms with Crippen LogP contribution in [0.3, 0.4) is 0 Å². The van der Waals surface area contributed by atoms with E-state index in [1.165, 1.54) is 30.4 Å². The van der Waals surface area contributed by atoms with Gasteiger partial charge in [-0.3, -0.25) is 0 Å². The number of hydrogen-bond donors (Lipinski definition) is 0. The van der Waals surface area contributed by atoms with Gasteiger partial charge in [0, 0.05) is 20.2 Å². The van der Waals surface area contributed by atoms with Crippen molar-refractivity contribution in [2.75, 3.05) is 20.2 Å². The third-order valence-corrected chi connectivity index (χ3v) is 8.44. The van der Waals surface area contributed by atoms with Crippen LogP contribution in [0.4, 0.5) is 0 Å². The second kappa shape index (κ2) is 6.11. The number of piperidine rings is 1. The first-order valence-electron chi connectivity index (χ1n) is 9.20. The van der Waals surface area contributed by atoms with Gasteiger partial charge in [-0.25, -0.2) is 8.42 Å². The van der Waals surface area contributed by atoms with E-state index < -0.39 is 10.0 Å². The number of fused-ring (bicyclic) bond motifs is 1. The SMILES string of the molecule is COC1CCC12CCN(S(=O)(=O)c1ccc3c(c1)CCCC3)CC2. The Balaban J connectivity index is 1.52. The zero-order chi connectivity index (χ0) is 16.8. The molecule has 1 saturated heterocycles. The Kier molecular flexibility index (Phi) is 4.22. The summed E-state index contributed by atoms with van der Waals surface area (Å²) >= 11 is 0. The fourth-order valence-electron chi connectivity index (χ4n) is 4.80. The molecule has 5 heteroatoms. The van der Waals surface area contributed by atoms with Gasteiger partial charge in [-0.2, -0.15) is 4.31 Å². The van der Waals surface area contributed by atoms with E-state index in [-0.39, 0.29) is 5.41 Å². The van der Waals surface area contributed by atoms with Crippen molar-refractivity contribution in [1.82, 2.24) is 4.31 Å². The molecule has 4 rings (SSSR count). The van der Waals surface area contributed by atoms with Crippen molar-refractivity contribution in [3.8, 4) is 0 Å². The molecular formula is C19H27NO3S. The fraction of sp³-hybridized carbons (Fsp3) is 0.684. The standard InChI is InChI=1S/C19H27NO3S/c1-23-18-8-9-19(18)10-12-20(13-11-19)24(21,22)17-7-6-15-4-2-3-5-16(15)14-17/h6-7,14,18H,2-5,8-13H2,1H3. The highest BCUT2D eigenvalue weighted by Crippen LogP contribution is 2.51. The second-order valence-corrected chi connectivity index (χ2v) is 9.61. The van der Waals surface area contributed by atoms with Crippen molar-refractivity contribution in [3.63, 3.8) is 0 Å². The summed E-state index contributed by atoms with van der Waals surface area (Å²) in [4.78, 5) is 0.482. The zero-order valence-electron chi connectivity index (χ0n) is 14.5. The number of benzene rings is 1. The number of nitrogens with zero attached hydrogens (tertiary/aromatic N) is 1. The Morgan fingerprint density at radius 3 is 2.42 bits per heavy atom. The van der Waals surface area contributed by atoms with Crippen molar-refractivity contribution in [3.05, 3.63) is 29.3 Å². The summed E-state index contributed by atoms with van der Waals surface area (Å²) in [5.74, 6) is 0. The fourth-order valence-corrected chi connectivity index (χ4v) is 6.29. The van der Waals surface area contributed by atoms with E-state index in [1.807, 2.05) is 18.2 Å². The average molecular weight is 349 g/mol. The molecule has 4 nitrogen and oxygen atoms in total.